The van der Waals surface area contributed by atoms with E-state index in [9.17, 15) is 9.59 Å². The number of esters is 1. The monoisotopic (exact) mass is 407 g/mol. The number of methoxy groups -OCH3 is 2. The molecule has 30 heavy (non-hydrogen) atoms. The van der Waals surface area contributed by atoms with E-state index in [-0.39, 0.29) is 17.6 Å². The van der Waals surface area contributed by atoms with E-state index in [0.717, 1.165) is 41.7 Å². The van der Waals surface area contributed by atoms with Crippen LogP contribution in [0.1, 0.15) is 18.4 Å². The summed E-state index contributed by atoms with van der Waals surface area (Å²) in [6, 6.07) is 15.2. The Morgan fingerprint density at radius 2 is 1.97 bits per heavy atom. The maximum Gasteiger partial charge on any atom is 0.328 e. The first-order chi connectivity index (χ1) is 14.6. The molecule has 1 aromatic heterocycles. The number of hydrogen-bond donors (Lipinski definition) is 2. The van der Waals surface area contributed by atoms with Gasteiger partial charge in [0, 0.05) is 36.1 Å². The number of rotatable bonds is 6. The SMILES string of the molecule is COC(=O)[C@@H]1CCCN1c1ccc(NCc2cc3ccc(OC)cc3[nH]c2=O)cc1. The second kappa shape index (κ2) is 8.49. The van der Waals surface area contributed by atoms with Gasteiger partial charge < -0.3 is 24.7 Å². The maximum atomic E-state index is 12.4. The van der Waals surface area contributed by atoms with Crippen LogP contribution in [0.2, 0.25) is 0 Å². The molecule has 2 heterocycles. The number of carbonyl (C=O) groups excluding carboxylic acids is 1. The minimum atomic E-state index is -0.219. The lowest BCUT2D eigenvalue weighted by molar-refractivity contribution is -0.141. The molecule has 1 atom stereocenters. The van der Waals surface area contributed by atoms with Crippen molar-refractivity contribution in [3.8, 4) is 5.75 Å². The van der Waals surface area contributed by atoms with E-state index in [2.05, 4.69) is 15.2 Å². The summed E-state index contributed by atoms with van der Waals surface area (Å²) < 4.78 is 10.1. The average molecular weight is 407 g/mol. The van der Waals surface area contributed by atoms with Gasteiger partial charge >= 0.3 is 5.97 Å². The van der Waals surface area contributed by atoms with E-state index < -0.39 is 0 Å². The molecule has 0 bridgehead atoms. The van der Waals surface area contributed by atoms with E-state index in [4.69, 9.17) is 9.47 Å². The van der Waals surface area contributed by atoms with Gasteiger partial charge in [-0.3, -0.25) is 4.79 Å². The summed E-state index contributed by atoms with van der Waals surface area (Å²) >= 11 is 0. The van der Waals surface area contributed by atoms with E-state index in [1.54, 1.807) is 7.11 Å². The Morgan fingerprint density at radius 3 is 2.70 bits per heavy atom. The van der Waals surface area contributed by atoms with Crippen molar-refractivity contribution in [1.29, 1.82) is 0 Å². The van der Waals surface area contributed by atoms with E-state index in [1.807, 2.05) is 48.5 Å². The second-order valence-electron chi connectivity index (χ2n) is 7.35. The summed E-state index contributed by atoms with van der Waals surface area (Å²) in [5.41, 5.74) is 3.17. The number of pyridine rings is 1. The molecule has 7 heteroatoms. The molecule has 4 rings (SSSR count). The van der Waals surface area contributed by atoms with Crippen LogP contribution in [0.4, 0.5) is 11.4 Å². The fourth-order valence-electron chi connectivity index (χ4n) is 3.91. The summed E-state index contributed by atoms with van der Waals surface area (Å²) in [5.74, 6) is 0.513. The van der Waals surface area contributed by atoms with E-state index in [1.165, 1.54) is 7.11 Å². The molecule has 3 aromatic rings. The summed E-state index contributed by atoms with van der Waals surface area (Å²) in [4.78, 5) is 29.4. The molecule has 1 fully saturated rings. The Morgan fingerprint density at radius 1 is 1.17 bits per heavy atom. The zero-order valence-electron chi connectivity index (χ0n) is 17.1. The first-order valence-electron chi connectivity index (χ1n) is 9.97. The predicted octanol–water partition coefficient (Wildman–Crippen LogP) is 3.29. The number of carbonyl (C=O) groups is 1. The number of nitrogens with one attached hydrogen (secondary N) is 2. The van der Waals surface area contributed by atoms with Crippen LogP contribution in [0.5, 0.6) is 5.75 Å². The number of aromatic nitrogens is 1. The number of H-pyrrole nitrogens is 1. The van der Waals surface area contributed by atoms with Gasteiger partial charge in [-0.25, -0.2) is 4.79 Å². The summed E-state index contributed by atoms with van der Waals surface area (Å²) in [6.45, 7) is 1.24. The van der Waals surface area contributed by atoms with Crippen molar-refractivity contribution in [2.45, 2.75) is 25.4 Å². The largest absolute Gasteiger partial charge is 0.497 e. The van der Waals surface area contributed by atoms with E-state index >= 15 is 0 Å². The number of benzene rings is 2. The number of aromatic amines is 1. The van der Waals surface area contributed by atoms with Crippen LogP contribution in [0.15, 0.2) is 53.3 Å². The van der Waals surface area contributed by atoms with Crippen molar-refractivity contribution in [2.24, 2.45) is 0 Å². The number of hydrogen-bond acceptors (Lipinski definition) is 6. The second-order valence-corrected chi connectivity index (χ2v) is 7.35. The summed E-state index contributed by atoms with van der Waals surface area (Å²) in [7, 11) is 3.03. The fraction of sp³-hybridized carbons (Fsp3) is 0.304. The van der Waals surface area contributed by atoms with Crippen LogP contribution in [0, 0.1) is 0 Å². The van der Waals surface area contributed by atoms with Crippen LogP contribution in [-0.2, 0) is 16.1 Å². The van der Waals surface area contributed by atoms with Gasteiger partial charge in [-0.15, -0.1) is 0 Å². The molecule has 0 radical (unpaired) electrons. The third-order valence-electron chi connectivity index (χ3n) is 5.54. The highest BCUT2D eigenvalue weighted by molar-refractivity contribution is 5.81. The smallest absolute Gasteiger partial charge is 0.328 e. The molecule has 0 spiro atoms. The lowest BCUT2D eigenvalue weighted by Gasteiger charge is -2.25. The molecule has 1 aliphatic rings. The highest BCUT2D eigenvalue weighted by atomic mass is 16.5. The minimum absolute atomic E-state index is 0.127. The highest BCUT2D eigenvalue weighted by Gasteiger charge is 2.31. The molecule has 156 valence electrons. The van der Waals surface area contributed by atoms with Crippen LogP contribution in [0.25, 0.3) is 10.9 Å². The quantitative estimate of drug-likeness (QED) is 0.610. The van der Waals surface area contributed by atoms with Crippen molar-refractivity contribution < 1.29 is 14.3 Å². The minimum Gasteiger partial charge on any atom is -0.497 e. The number of anilines is 2. The van der Waals surface area contributed by atoms with Gasteiger partial charge in [0.25, 0.3) is 5.56 Å². The topological polar surface area (TPSA) is 83.7 Å². The van der Waals surface area contributed by atoms with E-state index in [0.29, 0.717) is 17.9 Å². The number of ether oxygens (including phenoxy) is 2. The molecule has 0 aliphatic carbocycles. The summed E-state index contributed by atoms with van der Waals surface area (Å²) in [6.07, 6.45) is 1.78. The lowest BCUT2D eigenvalue weighted by Crippen LogP contribution is -2.36. The molecule has 1 saturated heterocycles. The number of nitrogens with zero attached hydrogens (tertiary/aromatic N) is 1. The normalized spacial score (nSPS) is 15.9. The maximum absolute atomic E-state index is 12.4. The van der Waals surface area contributed by atoms with Crippen molar-refractivity contribution in [3.05, 3.63) is 64.4 Å². The molecule has 7 nitrogen and oxygen atoms in total. The van der Waals surface area contributed by atoms with Crippen LogP contribution in [0.3, 0.4) is 0 Å². The van der Waals surface area contributed by atoms with Gasteiger partial charge in [0.05, 0.1) is 19.7 Å². The zero-order chi connectivity index (χ0) is 21.1. The van der Waals surface area contributed by atoms with Crippen molar-refractivity contribution >= 4 is 28.2 Å². The molecule has 0 unspecified atom stereocenters. The Hall–Kier alpha value is -3.48. The lowest BCUT2D eigenvalue weighted by atomic mass is 10.1. The first kappa shape index (κ1) is 19.8. The molecular formula is C23H25N3O4. The third-order valence-corrected chi connectivity index (χ3v) is 5.54. The zero-order valence-corrected chi connectivity index (χ0v) is 17.1. The van der Waals surface area contributed by atoms with Gasteiger partial charge in [0.2, 0.25) is 0 Å². The molecule has 2 N–H and O–H groups in total. The van der Waals surface area contributed by atoms with Crippen LogP contribution >= 0.6 is 0 Å². The Kier molecular flexibility index (Phi) is 5.61. The Bertz CT molecular complexity index is 1110. The van der Waals surface area contributed by atoms with Crippen molar-refractivity contribution in [2.75, 3.05) is 31.0 Å². The number of fused-ring (bicyclic) bond motifs is 1. The van der Waals surface area contributed by atoms with Crippen molar-refractivity contribution in [3.63, 3.8) is 0 Å². The molecule has 1 aliphatic heterocycles. The van der Waals surface area contributed by atoms with Gasteiger partial charge in [-0.1, -0.05) is 0 Å². The first-order valence-corrected chi connectivity index (χ1v) is 9.97. The van der Waals surface area contributed by atoms with Gasteiger partial charge in [0.1, 0.15) is 11.8 Å². The Labute approximate surface area is 174 Å². The molecule has 0 amide bonds. The highest BCUT2D eigenvalue weighted by Crippen LogP contribution is 2.27. The molecule has 2 aromatic carbocycles. The van der Waals surface area contributed by atoms with Crippen LogP contribution in [-0.4, -0.2) is 37.8 Å². The van der Waals surface area contributed by atoms with Crippen molar-refractivity contribution in [1.82, 2.24) is 4.98 Å². The van der Waals surface area contributed by atoms with Gasteiger partial charge in [-0.05, 0) is 60.7 Å². The van der Waals surface area contributed by atoms with Crippen LogP contribution < -0.4 is 20.5 Å². The average Bonchev–Trinajstić information content (AvgIpc) is 3.27. The molecule has 0 saturated carbocycles. The Balaban J connectivity index is 1.46. The third kappa shape index (κ3) is 3.96. The summed E-state index contributed by atoms with van der Waals surface area (Å²) in [5, 5.41) is 4.25. The van der Waals surface area contributed by atoms with Gasteiger partial charge in [-0.2, -0.15) is 0 Å². The predicted molar refractivity (Wildman–Crippen MR) is 117 cm³/mol. The standard InChI is InChI=1S/C23H25N3O4/c1-29-19-10-5-15-12-16(22(27)25-20(15)13-19)14-24-17-6-8-18(9-7-17)26-11-3-4-21(26)23(28)30-2/h5-10,12-13,21,24H,3-4,11,14H2,1-2H3,(H,25,27)/t21-/m0/s1. The molecular weight excluding hydrogens is 382 g/mol. The fourth-order valence-corrected chi connectivity index (χ4v) is 3.91. The van der Waals surface area contributed by atoms with Gasteiger partial charge in [0.15, 0.2) is 0 Å².